The normalized spacial score (nSPS) is 11.6. The standard InChI is InChI=1S/C29H27BrN2O/c1-2-3-4-8-19-13-16-23-26(17-19)32(25-12-7-11-24(27(23)25)29(31)33)18-21-15-14-20-9-5-6-10-22(20)28(21)30/h5-7,9-17H,2-4,8,18H2,1H3,(H2,31,33). The van der Waals surface area contributed by atoms with Gasteiger partial charge in [0.2, 0.25) is 5.91 Å². The number of aryl methyl sites for hydroxylation is 1. The van der Waals surface area contributed by atoms with Crippen molar-refractivity contribution in [1.29, 1.82) is 0 Å². The number of halogens is 1. The van der Waals surface area contributed by atoms with E-state index in [-0.39, 0.29) is 0 Å². The van der Waals surface area contributed by atoms with Crippen molar-refractivity contribution in [3.05, 3.63) is 94.0 Å². The SMILES string of the molecule is CCCCCc1ccc2c3c(C(N)=O)cccc3n(Cc3ccc4ccccc4c3Br)c2c1. The number of nitrogens with two attached hydrogens (primary N) is 1. The molecule has 0 aliphatic rings. The fourth-order valence-electron chi connectivity index (χ4n) is 4.87. The van der Waals surface area contributed by atoms with Crippen molar-refractivity contribution >= 4 is 54.4 Å². The van der Waals surface area contributed by atoms with Gasteiger partial charge in [-0.1, -0.05) is 74.4 Å². The molecule has 3 nitrogen and oxygen atoms in total. The number of hydrogen-bond donors (Lipinski definition) is 1. The highest BCUT2D eigenvalue weighted by Crippen LogP contribution is 2.35. The van der Waals surface area contributed by atoms with Crippen LogP contribution in [0.2, 0.25) is 0 Å². The van der Waals surface area contributed by atoms with Crippen LogP contribution in [-0.4, -0.2) is 10.5 Å². The summed E-state index contributed by atoms with van der Waals surface area (Å²) in [5.74, 6) is -0.390. The summed E-state index contributed by atoms with van der Waals surface area (Å²) in [6.07, 6.45) is 4.69. The lowest BCUT2D eigenvalue weighted by molar-refractivity contribution is 0.100. The predicted molar refractivity (Wildman–Crippen MR) is 142 cm³/mol. The van der Waals surface area contributed by atoms with E-state index in [0.717, 1.165) is 32.7 Å². The van der Waals surface area contributed by atoms with E-state index < -0.39 is 5.91 Å². The van der Waals surface area contributed by atoms with Gasteiger partial charge < -0.3 is 10.3 Å². The van der Waals surface area contributed by atoms with Gasteiger partial charge in [0.25, 0.3) is 0 Å². The first kappa shape index (κ1) is 21.7. The molecule has 5 rings (SSSR count). The summed E-state index contributed by atoms with van der Waals surface area (Å²) in [4.78, 5) is 12.3. The molecule has 5 aromatic rings. The third kappa shape index (κ3) is 3.93. The van der Waals surface area contributed by atoms with Crippen LogP contribution >= 0.6 is 15.9 Å². The zero-order chi connectivity index (χ0) is 22.9. The number of aromatic nitrogens is 1. The Morgan fingerprint density at radius 2 is 1.76 bits per heavy atom. The molecule has 0 aliphatic heterocycles. The van der Waals surface area contributed by atoms with Gasteiger partial charge in [-0.2, -0.15) is 0 Å². The molecule has 0 saturated heterocycles. The highest BCUT2D eigenvalue weighted by Gasteiger charge is 2.18. The summed E-state index contributed by atoms with van der Waals surface area (Å²) < 4.78 is 3.44. The van der Waals surface area contributed by atoms with Gasteiger partial charge in [-0.05, 0) is 68.9 Å². The molecular formula is C29H27BrN2O. The smallest absolute Gasteiger partial charge is 0.249 e. The van der Waals surface area contributed by atoms with Crippen LogP contribution in [0.3, 0.4) is 0 Å². The van der Waals surface area contributed by atoms with E-state index in [9.17, 15) is 4.79 Å². The molecule has 1 aromatic heterocycles. The molecule has 4 heteroatoms. The van der Waals surface area contributed by atoms with Crippen LogP contribution in [0.1, 0.15) is 47.7 Å². The first-order chi connectivity index (χ1) is 16.1. The number of primary amides is 1. The maximum atomic E-state index is 12.3. The van der Waals surface area contributed by atoms with E-state index in [1.807, 2.05) is 12.1 Å². The summed E-state index contributed by atoms with van der Waals surface area (Å²) in [7, 11) is 0. The quantitative estimate of drug-likeness (QED) is 0.231. The minimum Gasteiger partial charge on any atom is -0.366 e. The molecule has 0 atom stereocenters. The lowest BCUT2D eigenvalue weighted by Crippen LogP contribution is -2.11. The van der Waals surface area contributed by atoms with Crippen LogP contribution in [0.5, 0.6) is 0 Å². The van der Waals surface area contributed by atoms with Gasteiger partial charge in [0.1, 0.15) is 0 Å². The number of amides is 1. The number of rotatable bonds is 7. The Kier molecular flexibility index (Phi) is 5.94. The molecule has 0 unspecified atom stereocenters. The Bertz CT molecular complexity index is 1500. The van der Waals surface area contributed by atoms with Gasteiger partial charge in [-0.15, -0.1) is 0 Å². The zero-order valence-electron chi connectivity index (χ0n) is 18.8. The van der Waals surface area contributed by atoms with Crippen LogP contribution < -0.4 is 5.73 Å². The number of carbonyl (C=O) groups excluding carboxylic acids is 1. The van der Waals surface area contributed by atoms with Crippen LogP contribution in [0, 0.1) is 0 Å². The summed E-state index contributed by atoms with van der Waals surface area (Å²) in [6, 6.07) is 25.3. The second-order valence-electron chi connectivity index (χ2n) is 8.72. The summed E-state index contributed by atoms with van der Waals surface area (Å²) in [6.45, 7) is 2.93. The fraction of sp³-hybridized carbons (Fsp3) is 0.207. The van der Waals surface area contributed by atoms with E-state index >= 15 is 0 Å². The molecule has 4 aromatic carbocycles. The molecule has 1 amide bonds. The van der Waals surface area contributed by atoms with Crippen molar-refractivity contribution in [2.45, 2.75) is 39.2 Å². The Balaban J connectivity index is 1.72. The molecule has 166 valence electrons. The molecular weight excluding hydrogens is 472 g/mol. The number of nitrogens with zero attached hydrogens (tertiary/aromatic N) is 1. The maximum Gasteiger partial charge on any atom is 0.249 e. The third-order valence-corrected chi connectivity index (χ3v) is 7.50. The first-order valence-electron chi connectivity index (χ1n) is 11.6. The number of hydrogen-bond acceptors (Lipinski definition) is 1. The van der Waals surface area contributed by atoms with Gasteiger partial charge in [0, 0.05) is 32.9 Å². The molecule has 1 heterocycles. The topological polar surface area (TPSA) is 48.0 Å². The average molecular weight is 499 g/mol. The van der Waals surface area contributed by atoms with E-state index in [2.05, 4.69) is 88.1 Å². The second-order valence-corrected chi connectivity index (χ2v) is 9.51. The Morgan fingerprint density at radius 3 is 2.58 bits per heavy atom. The highest BCUT2D eigenvalue weighted by atomic mass is 79.9. The largest absolute Gasteiger partial charge is 0.366 e. The van der Waals surface area contributed by atoms with Crippen LogP contribution in [-0.2, 0) is 13.0 Å². The Hall–Kier alpha value is -3.11. The van der Waals surface area contributed by atoms with Gasteiger partial charge in [0.15, 0.2) is 0 Å². The van der Waals surface area contributed by atoms with Gasteiger partial charge >= 0.3 is 0 Å². The zero-order valence-corrected chi connectivity index (χ0v) is 20.4. The van der Waals surface area contributed by atoms with E-state index in [1.54, 1.807) is 0 Å². The molecule has 0 bridgehead atoms. The second kappa shape index (κ2) is 9.03. The van der Waals surface area contributed by atoms with Crippen molar-refractivity contribution in [2.75, 3.05) is 0 Å². The number of carbonyl (C=O) groups is 1. The molecule has 33 heavy (non-hydrogen) atoms. The lowest BCUT2D eigenvalue weighted by Gasteiger charge is -2.12. The van der Waals surface area contributed by atoms with Gasteiger partial charge in [-0.25, -0.2) is 0 Å². The highest BCUT2D eigenvalue weighted by molar-refractivity contribution is 9.10. The third-order valence-electron chi connectivity index (χ3n) is 6.56. The Labute approximate surface area is 202 Å². The minimum atomic E-state index is -0.390. The molecule has 0 radical (unpaired) electrons. The molecule has 0 fully saturated rings. The summed E-state index contributed by atoms with van der Waals surface area (Å²) in [5.41, 5.74) is 11.1. The van der Waals surface area contributed by atoms with Crippen LogP contribution in [0.4, 0.5) is 0 Å². The van der Waals surface area contributed by atoms with Crippen molar-refractivity contribution in [1.82, 2.24) is 4.57 Å². The van der Waals surface area contributed by atoms with Crippen molar-refractivity contribution in [3.8, 4) is 0 Å². The van der Waals surface area contributed by atoms with E-state index in [4.69, 9.17) is 5.73 Å². The van der Waals surface area contributed by atoms with E-state index in [1.165, 1.54) is 41.2 Å². The summed E-state index contributed by atoms with van der Waals surface area (Å²) in [5, 5.41) is 4.44. The molecule has 0 saturated carbocycles. The molecule has 0 spiro atoms. The van der Waals surface area contributed by atoms with Crippen molar-refractivity contribution in [3.63, 3.8) is 0 Å². The number of fused-ring (bicyclic) bond motifs is 4. The lowest BCUT2D eigenvalue weighted by atomic mass is 10.0. The maximum absolute atomic E-state index is 12.3. The number of unbranched alkanes of at least 4 members (excludes halogenated alkanes) is 2. The van der Waals surface area contributed by atoms with Gasteiger partial charge in [0.05, 0.1) is 5.52 Å². The monoisotopic (exact) mass is 498 g/mol. The Morgan fingerprint density at radius 1 is 0.909 bits per heavy atom. The first-order valence-corrected chi connectivity index (χ1v) is 12.4. The van der Waals surface area contributed by atoms with Gasteiger partial charge in [-0.3, -0.25) is 4.79 Å². The van der Waals surface area contributed by atoms with Crippen LogP contribution in [0.25, 0.3) is 32.6 Å². The van der Waals surface area contributed by atoms with E-state index in [0.29, 0.717) is 12.1 Å². The van der Waals surface area contributed by atoms with Crippen LogP contribution in [0.15, 0.2) is 77.3 Å². The van der Waals surface area contributed by atoms with Crippen molar-refractivity contribution < 1.29 is 4.79 Å². The minimum absolute atomic E-state index is 0.390. The predicted octanol–water partition coefficient (Wildman–Crippen LogP) is 7.59. The molecule has 0 aliphatic carbocycles. The van der Waals surface area contributed by atoms with Crippen molar-refractivity contribution in [2.24, 2.45) is 5.73 Å². The average Bonchev–Trinajstić information content (AvgIpc) is 3.14. The summed E-state index contributed by atoms with van der Waals surface area (Å²) >= 11 is 3.86. The fourth-order valence-corrected chi connectivity index (χ4v) is 5.49. The molecule has 2 N–H and O–H groups in total. The number of benzene rings is 4.